The van der Waals surface area contributed by atoms with Crippen molar-refractivity contribution in [3.05, 3.63) is 112 Å². The Kier molecular flexibility index (Phi) is 14.5. The highest BCUT2D eigenvalue weighted by Crippen LogP contribution is 2.22. The minimum absolute atomic E-state index is 0.253. The normalized spacial score (nSPS) is 11.6. The third-order valence-corrected chi connectivity index (χ3v) is 5.90. The number of hydrogen-bond acceptors (Lipinski definition) is 4. The Morgan fingerprint density at radius 3 is 2.34 bits per heavy atom. The molecular weight excluding hydrogens is 471 g/mol. The van der Waals surface area contributed by atoms with Crippen molar-refractivity contribution in [1.29, 1.82) is 0 Å². The summed E-state index contributed by atoms with van der Waals surface area (Å²) >= 11 is 0. The van der Waals surface area contributed by atoms with Gasteiger partial charge in [0.05, 0.1) is 5.69 Å². The zero-order chi connectivity index (χ0) is 28.5. The van der Waals surface area contributed by atoms with Crippen LogP contribution in [-0.4, -0.2) is 9.97 Å². The van der Waals surface area contributed by atoms with Gasteiger partial charge < -0.3 is 11.1 Å². The van der Waals surface area contributed by atoms with E-state index in [0.29, 0.717) is 18.2 Å². The van der Waals surface area contributed by atoms with E-state index in [4.69, 9.17) is 5.73 Å². The van der Waals surface area contributed by atoms with Crippen LogP contribution in [0, 0.1) is 32.5 Å². The van der Waals surface area contributed by atoms with Crippen LogP contribution in [0.1, 0.15) is 68.5 Å². The molecule has 0 aliphatic carbocycles. The summed E-state index contributed by atoms with van der Waals surface area (Å²) in [6, 6.07) is 14.6. The molecule has 0 fully saturated rings. The summed E-state index contributed by atoms with van der Waals surface area (Å²) < 4.78 is 13.4. The second kappa shape index (κ2) is 17.3. The van der Waals surface area contributed by atoms with Crippen LogP contribution in [0.5, 0.6) is 0 Å². The van der Waals surface area contributed by atoms with Crippen LogP contribution in [0.15, 0.2) is 78.5 Å². The fraction of sp³-hybridized carbons (Fsp3) is 0.273. The first-order chi connectivity index (χ1) is 18.3. The van der Waals surface area contributed by atoms with Gasteiger partial charge in [-0.2, -0.15) is 0 Å². The molecule has 200 valence electrons. The molecule has 0 atom stereocenters. The number of terminal acetylenes is 1. The van der Waals surface area contributed by atoms with E-state index in [1.807, 2.05) is 51.1 Å². The van der Waals surface area contributed by atoms with Crippen molar-refractivity contribution < 1.29 is 4.39 Å². The van der Waals surface area contributed by atoms with Gasteiger partial charge in [0.25, 0.3) is 0 Å². The third kappa shape index (κ3) is 10.4. The number of allylic oxidation sites excluding steroid dienone is 5. The van der Waals surface area contributed by atoms with E-state index in [2.05, 4.69) is 67.1 Å². The van der Waals surface area contributed by atoms with Gasteiger partial charge in [0.2, 0.25) is 5.95 Å². The molecule has 5 heteroatoms. The Morgan fingerprint density at radius 1 is 1.05 bits per heavy atom. The summed E-state index contributed by atoms with van der Waals surface area (Å²) in [5.41, 5.74) is 14.1. The molecule has 2 aromatic carbocycles. The lowest BCUT2D eigenvalue weighted by Gasteiger charge is -2.11. The van der Waals surface area contributed by atoms with Crippen LogP contribution in [0.2, 0.25) is 0 Å². The minimum atomic E-state index is -0.253. The number of aryl methyl sites for hydroxylation is 2. The molecule has 0 saturated carbocycles. The molecule has 38 heavy (non-hydrogen) atoms. The van der Waals surface area contributed by atoms with Crippen molar-refractivity contribution >= 4 is 17.2 Å². The maximum atomic E-state index is 13.4. The summed E-state index contributed by atoms with van der Waals surface area (Å²) in [6.07, 6.45) is 18.5. The van der Waals surface area contributed by atoms with Gasteiger partial charge in [0.15, 0.2) is 0 Å². The smallest absolute Gasteiger partial charge is 0.223 e. The zero-order valence-corrected chi connectivity index (χ0v) is 23.6. The molecule has 0 saturated heterocycles. The van der Waals surface area contributed by atoms with E-state index >= 15 is 0 Å². The molecule has 3 rings (SSSR count). The second-order valence-electron chi connectivity index (χ2n) is 8.62. The summed E-state index contributed by atoms with van der Waals surface area (Å²) in [5.74, 6) is 0.226. The topological polar surface area (TPSA) is 63.8 Å². The van der Waals surface area contributed by atoms with Gasteiger partial charge in [-0.15, -0.1) is 12.8 Å². The molecule has 0 aliphatic heterocycles. The van der Waals surface area contributed by atoms with Crippen molar-refractivity contribution in [3.8, 4) is 12.8 Å². The Balaban J connectivity index is 0.000000559. The van der Waals surface area contributed by atoms with E-state index in [1.54, 1.807) is 12.3 Å². The lowest BCUT2D eigenvalue weighted by Crippen LogP contribution is -2.07. The molecule has 4 nitrogen and oxygen atoms in total. The summed E-state index contributed by atoms with van der Waals surface area (Å²) in [6.45, 7) is 12.8. The maximum Gasteiger partial charge on any atom is 0.223 e. The number of benzene rings is 2. The Morgan fingerprint density at radius 2 is 1.74 bits per heavy atom. The first-order valence-electron chi connectivity index (χ1n) is 12.8. The molecule has 3 N–H and O–H groups in total. The van der Waals surface area contributed by atoms with Crippen molar-refractivity contribution in [2.45, 2.75) is 60.9 Å². The van der Waals surface area contributed by atoms with Gasteiger partial charge in [-0.1, -0.05) is 73.5 Å². The standard InChI is InChI=1S/C22H23FN4.C9H16.C2H2/c1-14-4-7-17(8-5-14)21(24)16(3)20-10-11-25-22(27-20)26-13-18-12-19(23)9-6-15(18)2;1-4-7-8-9(5-2)6-3;1-2/h4-12H,13,24H2,1-3H3,(H,25,26,27);5,7-8H,4,6H2,1-3H3;1-2H/b21-16+;8-7-,9-5-;. The van der Waals surface area contributed by atoms with Gasteiger partial charge in [-0.05, 0) is 81.0 Å². The predicted octanol–water partition coefficient (Wildman–Crippen LogP) is 8.25. The van der Waals surface area contributed by atoms with Gasteiger partial charge >= 0.3 is 0 Å². The fourth-order valence-corrected chi connectivity index (χ4v) is 3.43. The third-order valence-electron chi connectivity index (χ3n) is 5.90. The lowest BCUT2D eigenvalue weighted by atomic mass is 10.0. The van der Waals surface area contributed by atoms with E-state index < -0.39 is 0 Å². The quantitative estimate of drug-likeness (QED) is 0.236. The van der Waals surface area contributed by atoms with Gasteiger partial charge in [0.1, 0.15) is 5.82 Å². The highest BCUT2D eigenvalue weighted by atomic mass is 19.1. The van der Waals surface area contributed by atoms with E-state index in [1.165, 1.54) is 23.3 Å². The van der Waals surface area contributed by atoms with E-state index in [0.717, 1.165) is 40.8 Å². The Hall–Kier alpha value is -4.17. The van der Waals surface area contributed by atoms with Crippen molar-refractivity contribution in [1.82, 2.24) is 9.97 Å². The lowest BCUT2D eigenvalue weighted by molar-refractivity contribution is 0.625. The molecule has 0 radical (unpaired) electrons. The molecule has 0 aliphatic rings. The SMILES string of the molecule is C#C.C/C(=C(\N)c1ccc(C)cc1)c1ccnc(NCc2cc(F)ccc2C)n1.C/C=C(\C=C/CC)CC. The van der Waals surface area contributed by atoms with Crippen LogP contribution in [0.25, 0.3) is 11.3 Å². The van der Waals surface area contributed by atoms with Crippen LogP contribution in [0.4, 0.5) is 10.3 Å². The number of anilines is 1. The predicted molar refractivity (Wildman–Crippen MR) is 162 cm³/mol. The first kappa shape index (κ1) is 31.9. The zero-order valence-electron chi connectivity index (χ0n) is 23.6. The maximum absolute atomic E-state index is 13.4. The van der Waals surface area contributed by atoms with Crippen LogP contribution in [0.3, 0.4) is 0 Å². The molecular formula is C33H41FN4. The van der Waals surface area contributed by atoms with E-state index in [-0.39, 0.29) is 5.82 Å². The number of rotatable bonds is 8. The average Bonchev–Trinajstić information content (AvgIpc) is 2.95. The fourth-order valence-electron chi connectivity index (χ4n) is 3.43. The largest absolute Gasteiger partial charge is 0.398 e. The average molecular weight is 513 g/mol. The van der Waals surface area contributed by atoms with Crippen LogP contribution >= 0.6 is 0 Å². The highest BCUT2D eigenvalue weighted by Gasteiger charge is 2.08. The molecule has 3 aromatic rings. The van der Waals surface area contributed by atoms with Gasteiger partial charge in [0, 0.05) is 18.4 Å². The van der Waals surface area contributed by atoms with Gasteiger partial charge in [-0.25, -0.2) is 14.4 Å². The Labute approximate surface area is 228 Å². The molecule has 1 heterocycles. The molecule has 0 unspecified atom stereocenters. The van der Waals surface area contributed by atoms with Crippen molar-refractivity contribution in [3.63, 3.8) is 0 Å². The minimum Gasteiger partial charge on any atom is -0.398 e. The number of nitrogens with zero attached hydrogens (tertiary/aromatic N) is 2. The van der Waals surface area contributed by atoms with Gasteiger partial charge in [-0.3, -0.25) is 0 Å². The second-order valence-corrected chi connectivity index (χ2v) is 8.62. The summed E-state index contributed by atoms with van der Waals surface area (Å²) in [7, 11) is 0. The number of nitrogens with one attached hydrogen (secondary N) is 1. The number of nitrogens with two attached hydrogens (primary N) is 1. The van der Waals surface area contributed by atoms with Crippen LogP contribution < -0.4 is 11.1 Å². The van der Waals surface area contributed by atoms with Crippen molar-refractivity contribution in [2.75, 3.05) is 5.32 Å². The number of halogens is 1. The number of hydrogen-bond donors (Lipinski definition) is 2. The number of aromatic nitrogens is 2. The summed E-state index contributed by atoms with van der Waals surface area (Å²) in [5, 5.41) is 3.16. The first-order valence-corrected chi connectivity index (χ1v) is 12.8. The molecule has 0 bridgehead atoms. The van der Waals surface area contributed by atoms with Crippen molar-refractivity contribution in [2.24, 2.45) is 5.73 Å². The summed E-state index contributed by atoms with van der Waals surface area (Å²) in [4.78, 5) is 8.80. The highest BCUT2D eigenvalue weighted by molar-refractivity contribution is 5.87. The molecule has 1 aromatic heterocycles. The van der Waals surface area contributed by atoms with Crippen LogP contribution in [-0.2, 0) is 6.54 Å². The molecule has 0 amide bonds. The Bertz CT molecular complexity index is 1250. The monoisotopic (exact) mass is 512 g/mol. The molecule has 0 spiro atoms. The van der Waals surface area contributed by atoms with E-state index in [9.17, 15) is 4.39 Å².